The molecule has 0 aliphatic carbocycles. The summed E-state index contributed by atoms with van der Waals surface area (Å²) in [6.07, 6.45) is 1.68. The quantitative estimate of drug-likeness (QED) is 0.430. The van der Waals surface area contributed by atoms with E-state index in [0.29, 0.717) is 11.6 Å². The largest absolute Gasteiger partial charge is 0.493 e. The Bertz CT molecular complexity index is 796. The van der Waals surface area contributed by atoms with Crippen LogP contribution in [0.5, 0.6) is 5.75 Å². The molecule has 2 aromatic carbocycles. The molecule has 3 aromatic rings. The van der Waals surface area contributed by atoms with Gasteiger partial charge in [-0.05, 0) is 36.4 Å². The van der Waals surface area contributed by atoms with E-state index in [-0.39, 0.29) is 0 Å². The van der Waals surface area contributed by atoms with Crippen LogP contribution in [-0.4, -0.2) is 27.1 Å². The molecule has 0 spiro atoms. The molecule has 0 unspecified atom stereocenters. The maximum absolute atomic E-state index is 6.04. The molecule has 0 saturated carbocycles. The van der Waals surface area contributed by atoms with E-state index in [1.54, 1.807) is 18.1 Å². The number of halogens is 2. The molecule has 0 bridgehead atoms. The lowest BCUT2D eigenvalue weighted by atomic mass is 10.3. The van der Waals surface area contributed by atoms with Crippen LogP contribution in [0.25, 0.3) is 5.69 Å². The molecule has 1 heterocycles. The fraction of sp³-hybridized carbons (Fsp3) is 0.125. The third-order valence-corrected chi connectivity index (χ3v) is 4.62. The molecule has 23 heavy (non-hydrogen) atoms. The summed E-state index contributed by atoms with van der Waals surface area (Å²) in [7, 11) is 0. The minimum atomic E-state index is 0.587. The van der Waals surface area contributed by atoms with E-state index in [9.17, 15) is 0 Å². The van der Waals surface area contributed by atoms with Gasteiger partial charge >= 0.3 is 0 Å². The lowest BCUT2D eigenvalue weighted by molar-refractivity contribution is 0.343. The highest BCUT2D eigenvalue weighted by atomic mass is 79.9. The summed E-state index contributed by atoms with van der Waals surface area (Å²) < 4.78 is 8.64. The summed E-state index contributed by atoms with van der Waals surface area (Å²) >= 11 is 11.1. The maximum Gasteiger partial charge on any atom is 0.195 e. The van der Waals surface area contributed by atoms with Gasteiger partial charge < -0.3 is 4.74 Å². The molecule has 0 fully saturated rings. The van der Waals surface area contributed by atoms with Crippen molar-refractivity contribution in [3.05, 3.63) is 64.4 Å². The second-order valence-corrected chi connectivity index (χ2v) is 7.03. The SMILES string of the molecule is Clc1cccc(-n2cnnc2SCCOc2cccc(Br)c2)c1. The molecule has 118 valence electrons. The summed E-state index contributed by atoms with van der Waals surface area (Å²) in [4.78, 5) is 0. The van der Waals surface area contributed by atoms with Gasteiger partial charge in [-0.2, -0.15) is 0 Å². The van der Waals surface area contributed by atoms with E-state index < -0.39 is 0 Å². The fourth-order valence-electron chi connectivity index (χ4n) is 1.98. The molecule has 0 saturated heterocycles. The number of ether oxygens (including phenoxy) is 1. The predicted octanol–water partition coefficient (Wildman–Crippen LogP) is 4.85. The topological polar surface area (TPSA) is 39.9 Å². The highest BCUT2D eigenvalue weighted by molar-refractivity contribution is 9.10. The van der Waals surface area contributed by atoms with Gasteiger partial charge in [-0.1, -0.05) is 51.4 Å². The van der Waals surface area contributed by atoms with E-state index in [1.807, 2.05) is 53.1 Å². The van der Waals surface area contributed by atoms with E-state index in [0.717, 1.165) is 26.8 Å². The number of benzene rings is 2. The van der Waals surface area contributed by atoms with Gasteiger partial charge in [-0.15, -0.1) is 10.2 Å². The van der Waals surface area contributed by atoms with Gasteiger partial charge in [0.2, 0.25) is 0 Å². The van der Waals surface area contributed by atoms with Crippen molar-refractivity contribution in [2.45, 2.75) is 5.16 Å². The zero-order chi connectivity index (χ0) is 16.1. The average Bonchev–Trinajstić information content (AvgIpc) is 3.00. The van der Waals surface area contributed by atoms with Crippen LogP contribution in [0.2, 0.25) is 5.02 Å². The Morgan fingerprint density at radius 3 is 2.87 bits per heavy atom. The lowest BCUT2D eigenvalue weighted by Crippen LogP contribution is -2.02. The van der Waals surface area contributed by atoms with Crippen molar-refractivity contribution >= 4 is 39.3 Å². The molecule has 0 atom stereocenters. The van der Waals surface area contributed by atoms with Gasteiger partial charge in [0, 0.05) is 15.2 Å². The third-order valence-electron chi connectivity index (χ3n) is 2.98. The molecule has 1 aromatic heterocycles. The zero-order valence-electron chi connectivity index (χ0n) is 12.0. The molecule has 0 N–H and O–H groups in total. The molecule has 3 rings (SSSR count). The summed E-state index contributed by atoms with van der Waals surface area (Å²) in [5, 5.41) is 9.63. The van der Waals surface area contributed by atoms with Crippen LogP contribution in [0.1, 0.15) is 0 Å². The van der Waals surface area contributed by atoms with Gasteiger partial charge in [-0.25, -0.2) is 0 Å². The number of hydrogen-bond donors (Lipinski definition) is 0. The number of hydrogen-bond acceptors (Lipinski definition) is 4. The van der Waals surface area contributed by atoms with Gasteiger partial charge in [0.1, 0.15) is 12.1 Å². The minimum Gasteiger partial charge on any atom is -0.493 e. The van der Waals surface area contributed by atoms with Crippen LogP contribution >= 0.6 is 39.3 Å². The Morgan fingerprint density at radius 2 is 2.04 bits per heavy atom. The second-order valence-electron chi connectivity index (χ2n) is 4.62. The van der Waals surface area contributed by atoms with E-state index in [1.165, 1.54) is 0 Å². The zero-order valence-corrected chi connectivity index (χ0v) is 15.2. The lowest BCUT2D eigenvalue weighted by Gasteiger charge is -2.08. The van der Waals surface area contributed by atoms with Crippen LogP contribution in [0.15, 0.2) is 64.5 Å². The molecule has 0 aliphatic rings. The van der Waals surface area contributed by atoms with Crippen LogP contribution < -0.4 is 4.74 Å². The van der Waals surface area contributed by atoms with Crippen LogP contribution in [-0.2, 0) is 0 Å². The molecule has 0 aliphatic heterocycles. The first-order chi connectivity index (χ1) is 11.2. The second kappa shape index (κ2) is 7.86. The standard InChI is InChI=1S/C16H13BrClN3OS/c17-12-3-1-6-15(9-12)22-7-8-23-16-20-19-11-21(16)14-5-2-4-13(18)10-14/h1-6,9-11H,7-8H2. The van der Waals surface area contributed by atoms with Gasteiger partial charge in [0.05, 0.1) is 12.3 Å². The minimum absolute atomic E-state index is 0.587. The maximum atomic E-state index is 6.04. The number of nitrogens with zero attached hydrogens (tertiary/aromatic N) is 3. The van der Waals surface area contributed by atoms with Crippen molar-refractivity contribution in [2.24, 2.45) is 0 Å². The number of rotatable bonds is 6. The van der Waals surface area contributed by atoms with Crippen molar-refractivity contribution in [2.75, 3.05) is 12.4 Å². The first-order valence-corrected chi connectivity index (χ1v) is 9.05. The monoisotopic (exact) mass is 409 g/mol. The Labute approximate surface area is 152 Å². The van der Waals surface area contributed by atoms with Crippen molar-refractivity contribution < 1.29 is 4.74 Å². The Hall–Kier alpha value is -1.50. The summed E-state index contributed by atoms with van der Waals surface area (Å²) in [6, 6.07) is 15.4. The van der Waals surface area contributed by atoms with Crippen molar-refractivity contribution in [3.63, 3.8) is 0 Å². The van der Waals surface area contributed by atoms with Gasteiger partial charge in [0.25, 0.3) is 0 Å². The van der Waals surface area contributed by atoms with Crippen molar-refractivity contribution in [1.29, 1.82) is 0 Å². The summed E-state index contributed by atoms with van der Waals surface area (Å²) in [5.41, 5.74) is 0.943. The highest BCUT2D eigenvalue weighted by Crippen LogP contribution is 2.22. The third kappa shape index (κ3) is 4.50. The molecule has 0 amide bonds. The van der Waals surface area contributed by atoms with Gasteiger partial charge in [0.15, 0.2) is 5.16 Å². The van der Waals surface area contributed by atoms with Crippen LogP contribution in [0, 0.1) is 0 Å². The van der Waals surface area contributed by atoms with Gasteiger partial charge in [-0.3, -0.25) is 4.57 Å². The Balaban J connectivity index is 1.58. The predicted molar refractivity (Wildman–Crippen MR) is 96.7 cm³/mol. The number of aromatic nitrogens is 3. The van der Waals surface area contributed by atoms with Crippen molar-refractivity contribution in [1.82, 2.24) is 14.8 Å². The Morgan fingerprint density at radius 1 is 1.17 bits per heavy atom. The molecule has 4 nitrogen and oxygen atoms in total. The molecular weight excluding hydrogens is 398 g/mol. The summed E-state index contributed by atoms with van der Waals surface area (Å²) in [6.45, 7) is 0.587. The summed E-state index contributed by atoms with van der Waals surface area (Å²) in [5.74, 6) is 1.61. The molecular formula is C16H13BrClN3OS. The first-order valence-electron chi connectivity index (χ1n) is 6.89. The fourth-order valence-corrected chi connectivity index (χ4v) is 3.28. The van der Waals surface area contributed by atoms with Crippen molar-refractivity contribution in [3.8, 4) is 11.4 Å². The number of thioether (sulfide) groups is 1. The Kier molecular flexibility index (Phi) is 5.59. The smallest absolute Gasteiger partial charge is 0.195 e. The van der Waals surface area contributed by atoms with Crippen LogP contribution in [0.3, 0.4) is 0 Å². The molecule has 0 radical (unpaired) electrons. The van der Waals surface area contributed by atoms with E-state index in [4.69, 9.17) is 16.3 Å². The normalized spacial score (nSPS) is 10.7. The highest BCUT2D eigenvalue weighted by Gasteiger charge is 2.07. The van der Waals surface area contributed by atoms with E-state index >= 15 is 0 Å². The van der Waals surface area contributed by atoms with E-state index in [2.05, 4.69) is 26.1 Å². The first kappa shape index (κ1) is 16.4. The average molecular weight is 411 g/mol. The van der Waals surface area contributed by atoms with Crippen LogP contribution in [0.4, 0.5) is 0 Å². The molecule has 7 heteroatoms.